The molecule has 0 saturated carbocycles. The van der Waals surface area contributed by atoms with Crippen LogP contribution in [0.1, 0.15) is 27.0 Å². The first-order valence-corrected chi connectivity index (χ1v) is 9.38. The molecule has 10 heteroatoms. The van der Waals surface area contributed by atoms with Crippen molar-refractivity contribution in [3.05, 3.63) is 94.0 Å². The third kappa shape index (κ3) is 5.94. The summed E-state index contributed by atoms with van der Waals surface area (Å²) in [5.41, 5.74) is -3.14. The van der Waals surface area contributed by atoms with Gasteiger partial charge in [0, 0.05) is 10.7 Å². The number of hydrogen-bond acceptors (Lipinski definition) is 2. The minimum atomic E-state index is -5.04. The van der Waals surface area contributed by atoms with Crippen molar-refractivity contribution in [3.63, 3.8) is 0 Å². The predicted octanol–water partition coefficient (Wildman–Crippen LogP) is 7.21. The number of rotatable bonds is 5. The number of benzene rings is 3. The lowest BCUT2D eigenvalue weighted by atomic mass is 10.1. The summed E-state index contributed by atoms with van der Waals surface area (Å²) in [7, 11) is 0. The van der Waals surface area contributed by atoms with Crippen LogP contribution >= 0.6 is 11.6 Å². The van der Waals surface area contributed by atoms with Gasteiger partial charge >= 0.3 is 12.4 Å². The first-order valence-electron chi connectivity index (χ1n) is 9.00. The summed E-state index contributed by atoms with van der Waals surface area (Å²) in [5.74, 6) is -0.929. The van der Waals surface area contributed by atoms with Crippen LogP contribution < -0.4 is 10.1 Å². The summed E-state index contributed by atoms with van der Waals surface area (Å²) < 4.78 is 84.0. The van der Waals surface area contributed by atoms with Crippen LogP contribution in [0.3, 0.4) is 0 Å². The molecule has 0 aliphatic carbocycles. The average molecular weight is 474 g/mol. The number of anilines is 1. The van der Waals surface area contributed by atoms with E-state index >= 15 is 0 Å². The Balaban J connectivity index is 1.91. The minimum absolute atomic E-state index is 0.0244. The predicted molar refractivity (Wildman–Crippen MR) is 107 cm³/mol. The van der Waals surface area contributed by atoms with E-state index in [4.69, 9.17) is 16.3 Å². The third-order valence-electron chi connectivity index (χ3n) is 4.27. The Morgan fingerprint density at radius 2 is 1.44 bits per heavy atom. The summed E-state index contributed by atoms with van der Waals surface area (Å²) in [6.07, 6.45) is -10.1. The van der Waals surface area contributed by atoms with Crippen molar-refractivity contribution in [2.75, 3.05) is 5.32 Å². The molecule has 0 fully saturated rings. The number of ether oxygens (including phenoxy) is 1. The minimum Gasteiger partial charge on any atom is -0.488 e. The maximum absolute atomic E-state index is 13.1. The third-order valence-corrected chi connectivity index (χ3v) is 4.50. The van der Waals surface area contributed by atoms with Gasteiger partial charge in [-0.1, -0.05) is 41.9 Å². The first-order chi connectivity index (χ1) is 14.9. The van der Waals surface area contributed by atoms with Gasteiger partial charge in [0.2, 0.25) is 0 Å². The molecule has 3 aromatic rings. The van der Waals surface area contributed by atoms with E-state index in [-0.39, 0.29) is 29.0 Å². The van der Waals surface area contributed by atoms with Crippen LogP contribution in [0.25, 0.3) is 0 Å². The Morgan fingerprint density at radius 3 is 2.00 bits per heavy atom. The second-order valence-electron chi connectivity index (χ2n) is 6.66. The maximum atomic E-state index is 13.1. The van der Waals surface area contributed by atoms with Crippen molar-refractivity contribution < 1.29 is 35.9 Å². The standard InChI is InChI=1S/C22H14ClF6NO2/c23-16-6-7-19(32-12-13-4-2-1-3-5-13)18(11-16)20(31)30-17-9-14(21(24,25)26)8-15(10-17)22(27,28)29/h1-11H,12H2,(H,30,31). The Labute approximate surface area is 183 Å². The van der Waals surface area contributed by atoms with Crippen LogP contribution in [0.15, 0.2) is 66.7 Å². The van der Waals surface area contributed by atoms with Crippen molar-refractivity contribution in [2.24, 2.45) is 0 Å². The van der Waals surface area contributed by atoms with Crippen LogP contribution in [-0.2, 0) is 19.0 Å². The fraction of sp³-hybridized carbons (Fsp3) is 0.136. The number of alkyl halides is 6. The highest BCUT2D eigenvalue weighted by Gasteiger charge is 2.37. The molecule has 32 heavy (non-hydrogen) atoms. The van der Waals surface area contributed by atoms with E-state index in [1.54, 1.807) is 30.3 Å². The Morgan fingerprint density at radius 1 is 0.844 bits per heavy atom. The average Bonchev–Trinajstić information content (AvgIpc) is 2.72. The lowest BCUT2D eigenvalue weighted by molar-refractivity contribution is -0.143. The normalized spacial score (nSPS) is 11.8. The van der Waals surface area contributed by atoms with Crippen LogP contribution in [0.2, 0.25) is 5.02 Å². The van der Waals surface area contributed by atoms with Crippen LogP contribution in [0.5, 0.6) is 5.75 Å². The molecule has 3 rings (SSSR count). The second kappa shape index (κ2) is 9.12. The number of carbonyl (C=O) groups excluding carboxylic acids is 1. The monoisotopic (exact) mass is 473 g/mol. The molecule has 1 amide bonds. The van der Waals surface area contributed by atoms with E-state index in [1.807, 2.05) is 0 Å². The van der Waals surface area contributed by atoms with Gasteiger partial charge in [-0.15, -0.1) is 0 Å². The molecular weight excluding hydrogens is 460 g/mol. The summed E-state index contributed by atoms with van der Waals surface area (Å²) in [4.78, 5) is 12.7. The van der Waals surface area contributed by atoms with E-state index in [0.29, 0.717) is 12.1 Å². The molecule has 168 valence electrons. The number of amides is 1. The number of nitrogens with one attached hydrogen (secondary N) is 1. The van der Waals surface area contributed by atoms with Gasteiger partial charge in [0.15, 0.2) is 0 Å². The summed E-state index contributed by atoms with van der Waals surface area (Å²) in [5, 5.41) is 2.20. The highest BCUT2D eigenvalue weighted by Crippen LogP contribution is 2.38. The van der Waals surface area contributed by atoms with Crippen molar-refractivity contribution in [1.82, 2.24) is 0 Å². The molecular formula is C22H14ClF6NO2. The molecule has 0 aliphatic rings. The van der Waals surface area contributed by atoms with E-state index in [1.165, 1.54) is 18.2 Å². The molecule has 3 nitrogen and oxygen atoms in total. The molecule has 0 aromatic heterocycles. The number of hydrogen-bond donors (Lipinski definition) is 1. The number of carbonyl (C=O) groups is 1. The lowest BCUT2D eigenvalue weighted by Gasteiger charge is -2.16. The van der Waals surface area contributed by atoms with Crippen molar-refractivity contribution in [3.8, 4) is 5.75 Å². The fourth-order valence-electron chi connectivity index (χ4n) is 2.77. The molecule has 0 saturated heterocycles. The van der Waals surface area contributed by atoms with Gasteiger partial charge in [-0.05, 0) is 42.0 Å². The summed E-state index contributed by atoms with van der Waals surface area (Å²) in [6, 6.07) is 13.7. The van der Waals surface area contributed by atoms with Gasteiger partial charge in [0.1, 0.15) is 12.4 Å². The second-order valence-corrected chi connectivity index (χ2v) is 7.10. The molecule has 0 aliphatic heterocycles. The SMILES string of the molecule is O=C(Nc1cc(C(F)(F)F)cc(C(F)(F)F)c1)c1cc(Cl)ccc1OCc1ccccc1. The quantitative estimate of drug-likeness (QED) is 0.398. The van der Waals surface area contributed by atoms with E-state index in [9.17, 15) is 31.1 Å². The zero-order valence-corrected chi connectivity index (χ0v) is 16.8. The highest BCUT2D eigenvalue weighted by molar-refractivity contribution is 6.31. The molecule has 0 atom stereocenters. The number of halogens is 7. The largest absolute Gasteiger partial charge is 0.488 e. The summed E-state index contributed by atoms with van der Waals surface area (Å²) >= 11 is 5.92. The van der Waals surface area contributed by atoms with Gasteiger partial charge in [-0.25, -0.2) is 0 Å². The van der Waals surface area contributed by atoms with Crippen LogP contribution in [0.4, 0.5) is 32.0 Å². The fourth-order valence-corrected chi connectivity index (χ4v) is 2.94. The first kappa shape index (κ1) is 23.5. The molecule has 0 unspecified atom stereocenters. The molecule has 3 aromatic carbocycles. The zero-order chi connectivity index (χ0) is 23.5. The molecule has 0 radical (unpaired) electrons. The smallest absolute Gasteiger partial charge is 0.416 e. The lowest BCUT2D eigenvalue weighted by Crippen LogP contribution is -2.16. The van der Waals surface area contributed by atoms with Crippen LogP contribution in [0, 0.1) is 0 Å². The molecule has 0 heterocycles. The van der Waals surface area contributed by atoms with Crippen molar-refractivity contribution >= 4 is 23.2 Å². The van der Waals surface area contributed by atoms with Crippen molar-refractivity contribution in [2.45, 2.75) is 19.0 Å². The summed E-state index contributed by atoms with van der Waals surface area (Å²) in [6.45, 7) is 0.0739. The van der Waals surface area contributed by atoms with E-state index < -0.39 is 35.1 Å². The Kier molecular flexibility index (Phi) is 6.68. The topological polar surface area (TPSA) is 38.3 Å². The molecule has 0 bridgehead atoms. The molecule has 1 N–H and O–H groups in total. The van der Waals surface area contributed by atoms with E-state index in [0.717, 1.165) is 5.56 Å². The van der Waals surface area contributed by atoms with Gasteiger partial charge in [-0.2, -0.15) is 26.3 Å². The van der Waals surface area contributed by atoms with Crippen molar-refractivity contribution in [1.29, 1.82) is 0 Å². The maximum Gasteiger partial charge on any atom is 0.416 e. The van der Waals surface area contributed by atoms with Gasteiger partial charge in [0.25, 0.3) is 5.91 Å². The van der Waals surface area contributed by atoms with Gasteiger partial charge in [-0.3, -0.25) is 4.79 Å². The van der Waals surface area contributed by atoms with E-state index in [2.05, 4.69) is 5.32 Å². The molecule has 0 spiro atoms. The van der Waals surface area contributed by atoms with Crippen LogP contribution in [-0.4, -0.2) is 5.91 Å². The van der Waals surface area contributed by atoms with Gasteiger partial charge < -0.3 is 10.1 Å². The van der Waals surface area contributed by atoms with Gasteiger partial charge in [0.05, 0.1) is 16.7 Å². The zero-order valence-electron chi connectivity index (χ0n) is 16.0. The Hall–Kier alpha value is -3.20. The Bertz CT molecular complexity index is 1080. The highest BCUT2D eigenvalue weighted by atomic mass is 35.5.